The van der Waals surface area contributed by atoms with Crippen molar-refractivity contribution in [1.29, 1.82) is 0 Å². The molecule has 2 heterocycles. The van der Waals surface area contributed by atoms with E-state index in [1.807, 2.05) is 0 Å². The van der Waals surface area contributed by atoms with E-state index < -0.39 is 36.5 Å². The normalized spacial score (nSPS) is 35.0. The van der Waals surface area contributed by atoms with Crippen LogP contribution in [0.3, 0.4) is 0 Å². The van der Waals surface area contributed by atoms with Crippen LogP contribution < -0.4 is 0 Å². The Balaban J connectivity index is 1.76. The van der Waals surface area contributed by atoms with Gasteiger partial charge in [-0.05, 0) is 32.1 Å². The van der Waals surface area contributed by atoms with Gasteiger partial charge in [0.05, 0.1) is 12.2 Å². The Morgan fingerprint density at radius 1 is 1.08 bits per heavy atom. The summed E-state index contributed by atoms with van der Waals surface area (Å²) in [5.74, 6) is -0.751. The molecule has 0 aliphatic carbocycles. The van der Waals surface area contributed by atoms with Crippen molar-refractivity contribution in [2.75, 3.05) is 13.1 Å². The molecular formula is C16H27NO7. The average molecular weight is 345 g/mol. The van der Waals surface area contributed by atoms with Crippen LogP contribution in [0.15, 0.2) is 0 Å². The first kappa shape index (κ1) is 19.1. The second-order valence-electron chi connectivity index (χ2n) is 6.81. The van der Waals surface area contributed by atoms with Crippen molar-refractivity contribution in [3.63, 3.8) is 0 Å². The van der Waals surface area contributed by atoms with Crippen LogP contribution in [0.2, 0.25) is 0 Å². The largest absolute Gasteiger partial charge is 0.481 e. The van der Waals surface area contributed by atoms with Gasteiger partial charge < -0.3 is 30.1 Å². The van der Waals surface area contributed by atoms with Gasteiger partial charge in [0, 0.05) is 25.9 Å². The molecule has 0 aromatic rings. The van der Waals surface area contributed by atoms with Gasteiger partial charge >= 0.3 is 5.97 Å². The van der Waals surface area contributed by atoms with E-state index in [2.05, 4.69) is 0 Å². The minimum Gasteiger partial charge on any atom is -0.481 e. The maximum absolute atomic E-state index is 12.3. The van der Waals surface area contributed by atoms with Gasteiger partial charge in [-0.3, -0.25) is 9.59 Å². The highest BCUT2D eigenvalue weighted by molar-refractivity contribution is 5.76. The van der Waals surface area contributed by atoms with Crippen LogP contribution in [-0.4, -0.2) is 80.8 Å². The summed E-state index contributed by atoms with van der Waals surface area (Å²) in [6.45, 7) is 2.70. The molecule has 2 fully saturated rings. The van der Waals surface area contributed by atoms with Gasteiger partial charge in [0.2, 0.25) is 5.91 Å². The van der Waals surface area contributed by atoms with Gasteiger partial charge in [0.15, 0.2) is 0 Å². The Hall–Kier alpha value is -1.22. The highest BCUT2D eigenvalue weighted by atomic mass is 16.5. The number of hydrogen-bond acceptors (Lipinski definition) is 6. The van der Waals surface area contributed by atoms with E-state index in [0.29, 0.717) is 25.9 Å². The molecule has 5 atom stereocenters. The molecule has 24 heavy (non-hydrogen) atoms. The highest BCUT2D eigenvalue weighted by Gasteiger charge is 2.41. The molecule has 0 unspecified atom stereocenters. The number of carbonyl (C=O) groups is 2. The lowest BCUT2D eigenvalue weighted by Gasteiger charge is -2.39. The summed E-state index contributed by atoms with van der Waals surface area (Å²) in [7, 11) is 0. The van der Waals surface area contributed by atoms with Crippen LogP contribution in [0.4, 0.5) is 0 Å². The minimum absolute atomic E-state index is 0.0622. The first-order valence-corrected chi connectivity index (χ1v) is 8.48. The topological polar surface area (TPSA) is 128 Å². The fraction of sp³-hybridized carbons (Fsp3) is 0.875. The van der Waals surface area contributed by atoms with E-state index in [1.54, 1.807) is 11.8 Å². The summed E-state index contributed by atoms with van der Waals surface area (Å²) >= 11 is 0. The molecule has 2 aliphatic heterocycles. The Morgan fingerprint density at radius 3 is 2.29 bits per heavy atom. The molecule has 2 saturated heterocycles. The maximum Gasteiger partial charge on any atom is 0.303 e. The summed E-state index contributed by atoms with van der Waals surface area (Å²) in [6.07, 6.45) is -2.97. The molecule has 8 heteroatoms. The third kappa shape index (κ3) is 4.66. The van der Waals surface area contributed by atoms with E-state index in [0.717, 1.165) is 0 Å². The summed E-state index contributed by atoms with van der Waals surface area (Å²) in [5.41, 5.74) is 0. The van der Waals surface area contributed by atoms with Crippen molar-refractivity contribution in [3.05, 3.63) is 0 Å². The minimum atomic E-state index is -1.28. The van der Waals surface area contributed by atoms with Gasteiger partial charge in [0.1, 0.15) is 18.3 Å². The number of carbonyl (C=O) groups excluding carboxylic acids is 1. The fourth-order valence-electron chi connectivity index (χ4n) is 3.43. The van der Waals surface area contributed by atoms with E-state index in [9.17, 15) is 24.9 Å². The maximum atomic E-state index is 12.3. The lowest BCUT2D eigenvalue weighted by atomic mass is 9.92. The number of nitrogens with zero attached hydrogens (tertiary/aromatic N) is 1. The van der Waals surface area contributed by atoms with Crippen LogP contribution in [0.5, 0.6) is 0 Å². The quantitative estimate of drug-likeness (QED) is 0.521. The van der Waals surface area contributed by atoms with Crippen molar-refractivity contribution in [3.8, 4) is 0 Å². The van der Waals surface area contributed by atoms with Crippen molar-refractivity contribution in [2.24, 2.45) is 5.92 Å². The number of likely N-dealkylation sites (tertiary alicyclic amines) is 1. The molecule has 0 aromatic carbocycles. The Labute approximate surface area is 141 Å². The van der Waals surface area contributed by atoms with Crippen molar-refractivity contribution >= 4 is 11.9 Å². The zero-order chi connectivity index (χ0) is 17.9. The molecular weight excluding hydrogens is 318 g/mol. The first-order chi connectivity index (χ1) is 11.3. The zero-order valence-electron chi connectivity index (χ0n) is 13.9. The average Bonchev–Trinajstić information content (AvgIpc) is 2.55. The highest BCUT2D eigenvalue weighted by Crippen LogP contribution is 2.25. The van der Waals surface area contributed by atoms with Crippen LogP contribution in [0.1, 0.15) is 39.0 Å². The molecule has 0 radical (unpaired) electrons. The molecule has 0 aromatic heterocycles. The van der Waals surface area contributed by atoms with Crippen molar-refractivity contribution in [2.45, 2.75) is 69.5 Å². The Morgan fingerprint density at radius 2 is 1.71 bits per heavy atom. The number of ether oxygens (including phenoxy) is 1. The number of piperidine rings is 1. The van der Waals surface area contributed by atoms with Crippen LogP contribution in [0, 0.1) is 5.92 Å². The van der Waals surface area contributed by atoms with Gasteiger partial charge in [-0.25, -0.2) is 0 Å². The summed E-state index contributed by atoms with van der Waals surface area (Å²) in [5, 5.41) is 38.2. The summed E-state index contributed by atoms with van der Waals surface area (Å²) in [6, 6.07) is 0. The van der Waals surface area contributed by atoms with Gasteiger partial charge in [0.25, 0.3) is 0 Å². The van der Waals surface area contributed by atoms with E-state index in [4.69, 9.17) is 9.84 Å². The van der Waals surface area contributed by atoms with Crippen LogP contribution in [0.25, 0.3) is 0 Å². The van der Waals surface area contributed by atoms with Gasteiger partial charge in [-0.15, -0.1) is 0 Å². The van der Waals surface area contributed by atoms with Crippen molar-refractivity contribution < 1.29 is 34.8 Å². The number of amides is 1. The number of carboxylic acids is 1. The lowest BCUT2D eigenvalue weighted by Crippen LogP contribution is -2.56. The lowest BCUT2D eigenvalue weighted by molar-refractivity contribution is -0.218. The Kier molecular flexibility index (Phi) is 6.56. The van der Waals surface area contributed by atoms with Crippen LogP contribution >= 0.6 is 0 Å². The zero-order valence-corrected chi connectivity index (χ0v) is 13.9. The number of rotatable bonds is 5. The van der Waals surface area contributed by atoms with E-state index >= 15 is 0 Å². The number of carboxylic acid groups (broad SMARTS) is 1. The van der Waals surface area contributed by atoms with E-state index in [1.165, 1.54) is 0 Å². The predicted octanol–water partition coefficient (Wildman–Crippen LogP) is -0.650. The SMILES string of the molecule is C[C@@H]1O[C@@H](CCC(=O)N2CCC(CC(=O)O)CC2)[C@@H](O)[C@H](O)[C@@H]1O. The summed E-state index contributed by atoms with van der Waals surface area (Å²) in [4.78, 5) is 24.7. The third-order valence-corrected chi connectivity index (χ3v) is 5.02. The van der Waals surface area contributed by atoms with Crippen molar-refractivity contribution in [1.82, 2.24) is 4.90 Å². The number of aliphatic carboxylic acids is 1. The Bertz CT molecular complexity index is 450. The summed E-state index contributed by atoms with van der Waals surface area (Å²) < 4.78 is 5.48. The monoisotopic (exact) mass is 345 g/mol. The number of hydrogen-bond donors (Lipinski definition) is 4. The van der Waals surface area contributed by atoms with E-state index in [-0.39, 0.29) is 31.1 Å². The molecule has 2 rings (SSSR count). The molecule has 0 spiro atoms. The molecule has 0 bridgehead atoms. The molecule has 2 aliphatic rings. The predicted molar refractivity (Wildman–Crippen MR) is 83.1 cm³/mol. The van der Waals surface area contributed by atoms with Gasteiger partial charge in [-0.2, -0.15) is 0 Å². The standard InChI is InChI=1S/C16H27NO7/c1-9-14(21)16(23)15(22)11(24-9)2-3-12(18)17-6-4-10(5-7-17)8-13(19)20/h9-11,14-16,21-23H,2-8H2,1H3,(H,19,20)/t9-,11-,14+,15+,16+/m0/s1. The molecule has 8 nitrogen and oxygen atoms in total. The third-order valence-electron chi connectivity index (χ3n) is 5.02. The molecule has 4 N–H and O–H groups in total. The second kappa shape index (κ2) is 8.24. The van der Waals surface area contributed by atoms with Gasteiger partial charge in [-0.1, -0.05) is 0 Å². The second-order valence-corrected chi connectivity index (χ2v) is 6.81. The molecule has 0 saturated carbocycles. The smallest absolute Gasteiger partial charge is 0.303 e. The molecule has 138 valence electrons. The number of aliphatic hydroxyl groups is 3. The number of aliphatic hydroxyl groups excluding tert-OH is 3. The first-order valence-electron chi connectivity index (χ1n) is 8.48. The molecule has 1 amide bonds. The fourth-order valence-corrected chi connectivity index (χ4v) is 3.43. The van der Waals surface area contributed by atoms with Crippen LogP contribution in [-0.2, 0) is 14.3 Å².